The zero-order chi connectivity index (χ0) is 20.9. The second kappa shape index (κ2) is 14.8. The molecule has 0 amide bonds. The van der Waals surface area contributed by atoms with Crippen molar-refractivity contribution in [3.63, 3.8) is 0 Å². The number of methoxy groups -OCH3 is 3. The monoisotopic (exact) mass is 527 g/mol. The van der Waals surface area contributed by atoms with Gasteiger partial charge in [-0.1, -0.05) is 18.2 Å². The van der Waals surface area contributed by atoms with Gasteiger partial charge in [-0.25, -0.2) is 0 Å². The Morgan fingerprint density at radius 1 is 0.833 bits per heavy atom. The van der Waals surface area contributed by atoms with Crippen LogP contribution < -0.4 is 24.8 Å². The Balaban J connectivity index is 0.00000450. The van der Waals surface area contributed by atoms with E-state index in [1.807, 2.05) is 24.3 Å². The molecule has 0 heterocycles. The van der Waals surface area contributed by atoms with Gasteiger partial charge >= 0.3 is 0 Å². The number of aliphatic imine (C=N–C) groups is 1. The van der Waals surface area contributed by atoms with Gasteiger partial charge in [-0.2, -0.15) is 0 Å². The van der Waals surface area contributed by atoms with Crippen LogP contribution in [0, 0.1) is 0 Å². The molecule has 2 rings (SSSR count). The minimum Gasteiger partial charge on any atom is -0.497 e. The highest BCUT2D eigenvalue weighted by atomic mass is 127. The SMILES string of the molecule is CCNC(=NCCCc1ccc(OC)cc1)NCCc1ccc(OC)c(OC)c1.I. The maximum absolute atomic E-state index is 5.37. The second-order valence-electron chi connectivity index (χ2n) is 6.58. The van der Waals surface area contributed by atoms with E-state index in [1.54, 1.807) is 21.3 Å². The van der Waals surface area contributed by atoms with Crippen LogP contribution in [0.15, 0.2) is 47.5 Å². The van der Waals surface area contributed by atoms with Gasteiger partial charge in [0.05, 0.1) is 21.3 Å². The molecule has 0 fully saturated rings. The summed E-state index contributed by atoms with van der Waals surface area (Å²) in [5.74, 6) is 3.24. The van der Waals surface area contributed by atoms with Gasteiger partial charge in [0.2, 0.25) is 0 Å². The topological polar surface area (TPSA) is 64.1 Å². The van der Waals surface area contributed by atoms with Crippen LogP contribution in [0.5, 0.6) is 17.2 Å². The van der Waals surface area contributed by atoms with Crippen LogP contribution in [0.3, 0.4) is 0 Å². The number of nitrogens with zero attached hydrogens (tertiary/aromatic N) is 1. The Morgan fingerprint density at radius 2 is 1.53 bits per heavy atom. The summed E-state index contributed by atoms with van der Waals surface area (Å²) in [6.45, 7) is 4.47. The molecule has 2 aromatic rings. The predicted octanol–water partition coefficient (Wildman–Crippen LogP) is 4.06. The fraction of sp³-hybridized carbons (Fsp3) is 0.435. The highest BCUT2D eigenvalue weighted by Gasteiger charge is 2.05. The van der Waals surface area contributed by atoms with E-state index in [4.69, 9.17) is 14.2 Å². The van der Waals surface area contributed by atoms with Crippen molar-refractivity contribution in [1.29, 1.82) is 0 Å². The minimum atomic E-state index is 0. The highest BCUT2D eigenvalue weighted by molar-refractivity contribution is 14.0. The van der Waals surface area contributed by atoms with Gasteiger partial charge in [-0.15, -0.1) is 24.0 Å². The van der Waals surface area contributed by atoms with Gasteiger partial charge in [-0.3, -0.25) is 4.99 Å². The number of hydrogen-bond donors (Lipinski definition) is 2. The molecule has 166 valence electrons. The molecule has 0 aliphatic heterocycles. The standard InChI is InChI=1S/C23H33N3O3.HI/c1-5-24-23(25-15-6-7-18-8-11-20(27-2)12-9-18)26-16-14-19-10-13-21(28-3)22(17-19)29-4;/h8-13,17H,5-7,14-16H2,1-4H3,(H2,24,25,26);1H. The maximum Gasteiger partial charge on any atom is 0.191 e. The van der Waals surface area contributed by atoms with Crippen molar-refractivity contribution in [2.75, 3.05) is 41.0 Å². The summed E-state index contributed by atoms with van der Waals surface area (Å²) in [6, 6.07) is 14.2. The predicted molar refractivity (Wildman–Crippen MR) is 134 cm³/mol. The lowest BCUT2D eigenvalue weighted by Crippen LogP contribution is -2.38. The van der Waals surface area contributed by atoms with Crippen LogP contribution in [0.4, 0.5) is 0 Å². The molecule has 2 N–H and O–H groups in total. The molecule has 0 radical (unpaired) electrons. The lowest BCUT2D eigenvalue weighted by molar-refractivity contribution is 0.354. The summed E-state index contributed by atoms with van der Waals surface area (Å²) in [7, 11) is 4.98. The van der Waals surface area contributed by atoms with Crippen LogP contribution in [0.2, 0.25) is 0 Å². The van der Waals surface area contributed by atoms with E-state index >= 15 is 0 Å². The number of benzene rings is 2. The van der Waals surface area contributed by atoms with E-state index in [9.17, 15) is 0 Å². The molecule has 0 spiro atoms. The summed E-state index contributed by atoms with van der Waals surface area (Å²) in [5.41, 5.74) is 2.48. The summed E-state index contributed by atoms with van der Waals surface area (Å²) < 4.78 is 15.9. The van der Waals surface area contributed by atoms with E-state index in [-0.39, 0.29) is 24.0 Å². The number of ether oxygens (including phenoxy) is 3. The Kier molecular flexibility index (Phi) is 12.7. The molecular formula is C23H34IN3O3. The summed E-state index contributed by atoms with van der Waals surface area (Å²) >= 11 is 0. The van der Waals surface area contributed by atoms with Crippen LogP contribution in [-0.4, -0.2) is 46.9 Å². The first-order valence-corrected chi connectivity index (χ1v) is 10.1. The number of halogens is 1. The van der Waals surface area contributed by atoms with Crippen LogP contribution >= 0.6 is 24.0 Å². The molecule has 30 heavy (non-hydrogen) atoms. The largest absolute Gasteiger partial charge is 0.497 e. The van der Waals surface area contributed by atoms with Crippen LogP contribution in [0.1, 0.15) is 24.5 Å². The van der Waals surface area contributed by atoms with E-state index in [0.29, 0.717) is 0 Å². The minimum absolute atomic E-state index is 0. The van der Waals surface area contributed by atoms with Crippen molar-refractivity contribution in [1.82, 2.24) is 10.6 Å². The van der Waals surface area contributed by atoms with Gasteiger partial charge < -0.3 is 24.8 Å². The number of guanidine groups is 1. The molecule has 0 saturated heterocycles. The fourth-order valence-corrected chi connectivity index (χ4v) is 2.97. The van der Waals surface area contributed by atoms with Crippen molar-refractivity contribution in [2.45, 2.75) is 26.2 Å². The number of aryl methyl sites for hydroxylation is 1. The average Bonchev–Trinajstić information content (AvgIpc) is 2.76. The molecule has 7 heteroatoms. The first kappa shape index (κ1) is 25.9. The van der Waals surface area contributed by atoms with Gasteiger partial charge in [0.1, 0.15) is 5.75 Å². The van der Waals surface area contributed by atoms with Gasteiger partial charge in [-0.05, 0) is 61.6 Å². The third-order valence-corrected chi connectivity index (χ3v) is 4.55. The quantitative estimate of drug-likeness (QED) is 0.200. The summed E-state index contributed by atoms with van der Waals surface area (Å²) in [4.78, 5) is 4.68. The molecule has 0 aromatic heterocycles. The first-order chi connectivity index (χ1) is 14.2. The van der Waals surface area contributed by atoms with E-state index in [2.05, 4.69) is 40.7 Å². The summed E-state index contributed by atoms with van der Waals surface area (Å²) in [5, 5.41) is 6.70. The van der Waals surface area contributed by atoms with Gasteiger partial charge in [0.15, 0.2) is 17.5 Å². The Bertz CT molecular complexity index is 767. The van der Waals surface area contributed by atoms with E-state index in [0.717, 1.165) is 62.1 Å². The maximum atomic E-state index is 5.37. The Hall–Kier alpha value is -2.16. The molecular weight excluding hydrogens is 493 g/mol. The Labute approximate surface area is 197 Å². The van der Waals surface area contributed by atoms with Gasteiger partial charge in [0, 0.05) is 19.6 Å². The normalized spacial score (nSPS) is 10.7. The average molecular weight is 527 g/mol. The van der Waals surface area contributed by atoms with Crippen LogP contribution in [-0.2, 0) is 12.8 Å². The number of hydrogen-bond acceptors (Lipinski definition) is 4. The van der Waals surface area contributed by atoms with Gasteiger partial charge in [0.25, 0.3) is 0 Å². The van der Waals surface area contributed by atoms with E-state index in [1.165, 1.54) is 11.1 Å². The van der Waals surface area contributed by atoms with Crippen LogP contribution in [0.25, 0.3) is 0 Å². The molecule has 0 unspecified atom stereocenters. The first-order valence-electron chi connectivity index (χ1n) is 10.1. The molecule has 0 saturated carbocycles. The van der Waals surface area contributed by atoms with E-state index < -0.39 is 0 Å². The lowest BCUT2D eigenvalue weighted by atomic mass is 10.1. The zero-order valence-corrected chi connectivity index (χ0v) is 20.7. The highest BCUT2D eigenvalue weighted by Crippen LogP contribution is 2.27. The fourth-order valence-electron chi connectivity index (χ4n) is 2.97. The third-order valence-electron chi connectivity index (χ3n) is 4.55. The second-order valence-corrected chi connectivity index (χ2v) is 6.58. The molecule has 2 aromatic carbocycles. The number of rotatable bonds is 11. The summed E-state index contributed by atoms with van der Waals surface area (Å²) in [6.07, 6.45) is 2.87. The molecule has 0 atom stereocenters. The molecule has 0 aliphatic rings. The zero-order valence-electron chi connectivity index (χ0n) is 18.4. The van der Waals surface area contributed by atoms with Crippen molar-refractivity contribution in [3.8, 4) is 17.2 Å². The Morgan fingerprint density at radius 3 is 2.17 bits per heavy atom. The smallest absolute Gasteiger partial charge is 0.191 e. The van der Waals surface area contributed by atoms with Crippen molar-refractivity contribution in [3.05, 3.63) is 53.6 Å². The molecule has 0 aliphatic carbocycles. The number of nitrogens with one attached hydrogen (secondary N) is 2. The third kappa shape index (κ3) is 8.69. The molecule has 0 bridgehead atoms. The van der Waals surface area contributed by atoms with Crippen molar-refractivity contribution >= 4 is 29.9 Å². The van der Waals surface area contributed by atoms with Crippen molar-refractivity contribution < 1.29 is 14.2 Å². The van der Waals surface area contributed by atoms with Crippen molar-refractivity contribution in [2.24, 2.45) is 4.99 Å². The lowest BCUT2D eigenvalue weighted by Gasteiger charge is -2.13. The molecule has 6 nitrogen and oxygen atoms in total.